The molecule has 0 spiro atoms. The van der Waals surface area contributed by atoms with E-state index in [1.807, 2.05) is 30.3 Å². The molecule has 1 N–H and O–H groups in total. The number of hydrogen-bond donors (Lipinski definition) is 1. The molecule has 0 aliphatic rings. The molecule has 0 heterocycles. The fraction of sp³-hybridized carbons (Fsp3) is 0.0909. The molecule has 154 valence electrons. The molecule has 0 aliphatic carbocycles. The number of nitrogens with zero attached hydrogens (tertiary/aromatic N) is 1. The van der Waals surface area contributed by atoms with Crippen LogP contribution in [0.4, 0.5) is 5.69 Å². The molecule has 0 radical (unpaired) electrons. The van der Waals surface area contributed by atoms with E-state index in [4.69, 9.17) is 46.4 Å². The maximum absolute atomic E-state index is 13.1. The Kier molecular flexibility index (Phi) is 7.62. The van der Waals surface area contributed by atoms with Crippen molar-refractivity contribution in [1.82, 2.24) is 5.32 Å². The van der Waals surface area contributed by atoms with Gasteiger partial charge in [-0.05, 0) is 48.5 Å². The van der Waals surface area contributed by atoms with Gasteiger partial charge in [0.2, 0.25) is 0 Å². The summed E-state index contributed by atoms with van der Waals surface area (Å²) in [5.41, 5.74) is 1.47. The minimum atomic E-state index is -0.316. The second-order valence-electron chi connectivity index (χ2n) is 6.31. The summed E-state index contributed by atoms with van der Waals surface area (Å²) in [5, 5.41) is 4.12. The number of hydrogen-bond acceptors (Lipinski definition) is 2. The van der Waals surface area contributed by atoms with E-state index in [0.29, 0.717) is 36.9 Å². The molecule has 0 bridgehead atoms. The largest absolute Gasteiger partial charge is 0.350 e. The van der Waals surface area contributed by atoms with Gasteiger partial charge in [-0.25, -0.2) is 0 Å². The molecule has 3 aromatic carbocycles. The summed E-state index contributed by atoms with van der Waals surface area (Å²) in [6.45, 7) is 0.469. The monoisotopic (exact) mass is 480 g/mol. The Hall–Kier alpha value is -2.24. The number of rotatable bonds is 6. The lowest BCUT2D eigenvalue weighted by atomic mass is 10.1. The number of carbonyl (C=O) groups is 2. The first-order chi connectivity index (χ1) is 14.4. The lowest BCUT2D eigenvalue weighted by Crippen LogP contribution is -2.38. The molecule has 30 heavy (non-hydrogen) atoms. The van der Waals surface area contributed by atoms with Gasteiger partial charge in [-0.3, -0.25) is 9.59 Å². The van der Waals surface area contributed by atoms with Crippen LogP contribution in [0.3, 0.4) is 0 Å². The van der Waals surface area contributed by atoms with Gasteiger partial charge in [0.1, 0.15) is 0 Å². The third-order valence-corrected chi connectivity index (χ3v) is 5.76. The molecule has 0 saturated heterocycles. The summed E-state index contributed by atoms with van der Waals surface area (Å²) in [6.07, 6.45) is 0. The van der Waals surface area contributed by atoms with Crippen LogP contribution in [0, 0.1) is 0 Å². The van der Waals surface area contributed by atoms with Crippen molar-refractivity contribution in [3.05, 3.63) is 97.9 Å². The molecule has 0 atom stereocenters. The topological polar surface area (TPSA) is 49.4 Å². The first kappa shape index (κ1) is 22.4. The van der Waals surface area contributed by atoms with Crippen molar-refractivity contribution >= 4 is 63.9 Å². The first-order valence-corrected chi connectivity index (χ1v) is 10.4. The van der Waals surface area contributed by atoms with E-state index in [1.165, 1.54) is 12.1 Å². The zero-order chi connectivity index (χ0) is 21.7. The fourth-order valence-electron chi connectivity index (χ4n) is 2.76. The average molecular weight is 482 g/mol. The zero-order valence-corrected chi connectivity index (χ0v) is 18.6. The SMILES string of the molecule is O=C(NCCN(C(=O)c1ccc(Cl)c(Cl)c1)c1ccccc1)c1ccc(Cl)c(Cl)c1. The molecule has 0 saturated carbocycles. The molecule has 3 aromatic rings. The van der Waals surface area contributed by atoms with Crippen molar-refractivity contribution in [3.63, 3.8) is 0 Å². The number of nitrogens with one attached hydrogen (secondary N) is 1. The molecule has 4 nitrogen and oxygen atoms in total. The van der Waals surface area contributed by atoms with Gasteiger partial charge >= 0.3 is 0 Å². The summed E-state index contributed by atoms with van der Waals surface area (Å²) in [7, 11) is 0. The van der Waals surface area contributed by atoms with Crippen molar-refractivity contribution in [1.29, 1.82) is 0 Å². The van der Waals surface area contributed by atoms with Crippen LogP contribution in [0.15, 0.2) is 66.7 Å². The highest BCUT2D eigenvalue weighted by Crippen LogP contribution is 2.25. The molecule has 0 aromatic heterocycles. The quantitative estimate of drug-likeness (QED) is 0.444. The van der Waals surface area contributed by atoms with Gasteiger partial charge in [0.15, 0.2) is 0 Å². The van der Waals surface area contributed by atoms with Crippen molar-refractivity contribution in [2.24, 2.45) is 0 Å². The number of carbonyl (C=O) groups excluding carboxylic acids is 2. The lowest BCUT2D eigenvalue weighted by Gasteiger charge is -2.23. The number of para-hydroxylation sites is 1. The fourth-order valence-corrected chi connectivity index (χ4v) is 3.36. The zero-order valence-electron chi connectivity index (χ0n) is 15.5. The number of benzene rings is 3. The minimum absolute atomic E-state index is 0.223. The van der Waals surface area contributed by atoms with Crippen LogP contribution in [-0.2, 0) is 0 Å². The number of halogens is 4. The van der Waals surface area contributed by atoms with Gasteiger partial charge in [-0.15, -0.1) is 0 Å². The third-order valence-electron chi connectivity index (χ3n) is 4.28. The smallest absolute Gasteiger partial charge is 0.258 e. The maximum Gasteiger partial charge on any atom is 0.258 e. The van der Waals surface area contributed by atoms with Crippen molar-refractivity contribution in [2.75, 3.05) is 18.0 Å². The van der Waals surface area contributed by atoms with Crippen molar-refractivity contribution < 1.29 is 9.59 Å². The molecule has 0 unspecified atom stereocenters. The summed E-state index contributed by atoms with van der Waals surface area (Å²) >= 11 is 23.9. The molecular formula is C22H16Cl4N2O2. The van der Waals surface area contributed by atoms with Gasteiger partial charge < -0.3 is 10.2 Å². The van der Waals surface area contributed by atoms with E-state index in [9.17, 15) is 9.59 Å². The molecule has 0 aliphatic heterocycles. The van der Waals surface area contributed by atoms with Crippen molar-refractivity contribution in [2.45, 2.75) is 0 Å². The molecule has 3 rings (SSSR count). The summed E-state index contributed by atoms with van der Waals surface area (Å²) in [4.78, 5) is 27.1. The highest BCUT2D eigenvalue weighted by atomic mass is 35.5. The van der Waals surface area contributed by atoms with Crippen LogP contribution >= 0.6 is 46.4 Å². The van der Waals surface area contributed by atoms with Gasteiger partial charge in [-0.1, -0.05) is 64.6 Å². The van der Waals surface area contributed by atoms with E-state index in [0.717, 1.165) is 0 Å². The summed E-state index contributed by atoms with van der Waals surface area (Å²) in [6, 6.07) is 18.5. The summed E-state index contributed by atoms with van der Waals surface area (Å²) < 4.78 is 0. The minimum Gasteiger partial charge on any atom is -0.350 e. The predicted molar refractivity (Wildman–Crippen MR) is 123 cm³/mol. The van der Waals surface area contributed by atoms with Gasteiger partial charge in [-0.2, -0.15) is 0 Å². The Bertz CT molecular complexity index is 1070. The van der Waals surface area contributed by atoms with Crippen LogP contribution in [0.2, 0.25) is 20.1 Å². The second-order valence-corrected chi connectivity index (χ2v) is 7.93. The highest BCUT2D eigenvalue weighted by Gasteiger charge is 2.19. The normalized spacial score (nSPS) is 10.5. The molecule has 2 amide bonds. The maximum atomic E-state index is 13.1. The van der Waals surface area contributed by atoms with Crippen LogP contribution in [0.5, 0.6) is 0 Å². The Balaban J connectivity index is 1.75. The van der Waals surface area contributed by atoms with E-state index in [-0.39, 0.29) is 24.9 Å². The highest BCUT2D eigenvalue weighted by molar-refractivity contribution is 6.42. The van der Waals surface area contributed by atoms with E-state index in [2.05, 4.69) is 5.32 Å². The molecule has 8 heteroatoms. The molecule has 0 fully saturated rings. The van der Waals surface area contributed by atoms with Gasteiger partial charge in [0, 0.05) is 29.9 Å². The van der Waals surface area contributed by atoms with E-state index < -0.39 is 0 Å². The standard InChI is InChI=1S/C22H16Cl4N2O2/c23-17-8-6-14(12-19(17)25)21(29)27-10-11-28(16-4-2-1-3-5-16)22(30)15-7-9-18(24)20(26)13-15/h1-9,12-13H,10-11H2,(H,27,29). The van der Waals surface area contributed by atoms with Crippen LogP contribution < -0.4 is 10.2 Å². The third kappa shape index (κ3) is 5.46. The van der Waals surface area contributed by atoms with E-state index >= 15 is 0 Å². The summed E-state index contributed by atoms with van der Waals surface area (Å²) in [5.74, 6) is -0.577. The average Bonchev–Trinajstić information content (AvgIpc) is 2.75. The van der Waals surface area contributed by atoms with Crippen LogP contribution in [-0.4, -0.2) is 24.9 Å². The first-order valence-electron chi connectivity index (χ1n) is 8.92. The van der Waals surface area contributed by atoms with Gasteiger partial charge in [0.05, 0.1) is 20.1 Å². The van der Waals surface area contributed by atoms with Crippen LogP contribution in [0.25, 0.3) is 0 Å². The van der Waals surface area contributed by atoms with Gasteiger partial charge in [0.25, 0.3) is 11.8 Å². The number of amides is 2. The Labute approximate surface area is 194 Å². The van der Waals surface area contributed by atoms with Crippen molar-refractivity contribution in [3.8, 4) is 0 Å². The van der Waals surface area contributed by atoms with E-state index in [1.54, 1.807) is 29.2 Å². The lowest BCUT2D eigenvalue weighted by molar-refractivity contribution is 0.0943. The molecular weight excluding hydrogens is 466 g/mol. The Morgan fingerprint density at radius 3 is 1.90 bits per heavy atom. The van der Waals surface area contributed by atoms with Crippen LogP contribution in [0.1, 0.15) is 20.7 Å². The predicted octanol–water partition coefficient (Wildman–Crippen LogP) is 6.38. The second kappa shape index (κ2) is 10.2. The Morgan fingerprint density at radius 2 is 1.30 bits per heavy atom. The number of anilines is 1. The Morgan fingerprint density at radius 1 is 0.733 bits per heavy atom.